The van der Waals surface area contributed by atoms with Crippen LogP contribution in [0.15, 0.2) is 27.8 Å². The molecule has 1 saturated carbocycles. The van der Waals surface area contributed by atoms with Crippen molar-refractivity contribution in [1.82, 2.24) is 10.7 Å². The number of carbonyl (C=O) groups is 1. The van der Waals surface area contributed by atoms with Gasteiger partial charge < -0.3 is 10.1 Å². The van der Waals surface area contributed by atoms with Crippen LogP contribution >= 0.6 is 15.9 Å². The largest absolute Gasteiger partial charge is 0.496 e. The smallest absolute Gasteiger partial charge is 0.254 e. The molecule has 0 heterocycles. The number of hydrogen-bond donors (Lipinski definition) is 2. The molecule has 1 amide bonds. The van der Waals surface area contributed by atoms with E-state index in [-0.39, 0.29) is 5.91 Å². The van der Waals surface area contributed by atoms with E-state index >= 15 is 0 Å². The van der Waals surface area contributed by atoms with Crippen LogP contribution in [0.5, 0.6) is 5.75 Å². The number of carbonyl (C=O) groups excluding carboxylic acids is 1. The first-order chi connectivity index (χ1) is 10.7. The lowest BCUT2D eigenvalue weighted by molar-refractivity contribution is -0.120. The molecule has 0 atom stereocenters. The molecule has 120 valence electrons. The molecule has 1 aliphatic rings. The highest BCUT2D eigenvalue weighted by Crippen LogP contribution is 2.24. The number of hydrazone groups is 1. The first-order valence-corrected chi connectivity index (χ1v) is 8.37. The van der Waals surface area contributed by atoms with Crippen LogP contribution in [0.4, 0.5) is 0 Å². The third kappa shape index (κ3) is 5.42. The van der Waals surface area contributed by atoms with Gasteiger partial charge in [0.25, 0.3) is 5.91 Å². The third-order valence-corrected chi connectivity index (χ3v) is 4.35. The number of amides is 1. The molecule has 2 rings (SSSR count). The number of benzene rings is 1. The van der Waals surface area contributed by atoms with Crippen molar-refractivity contribution in [3.8, 4) is 5.75 Å². The molecule has 1 aliphatic carbocycles. The Morgan fingerprint density at radius 3 is 2.86 bits per heavy atom. The number of rotatable bonds is 6. The summed E-state index contributed by atoms with van der Waals surface area (Å²) in [7, 11) is 1.62. The lowest BCUT2D eigenvalue weighted by Gasteiger charge is -2.22. The van der Waals surface area contributed by atoms with Crippen LogP contribution in [-0.2, 0) is 4.79 Å². The second kappa shape index (κ2) is 8.90. The minimum absolute atomic E-state index is 0.116. The minimum atomic E-state index is -0.116. The van der Waals surface area contributed by atoms with Gasteiger partial charge in [-0.1, -0.05) is 19.3 Å². The van der Waals surface area contributed by atoms with Crippen molar-refractivity contribution in [2.75, 3.05) is 13.7 Å². The van der Waals surface area contributed by atoms with E-state index in [2.05, 4.69) is 31.8 Å². The van der Waals surface area contributed by atoms with E-state index in [1.807, 2.05) is 18.2 Å². The highest BCUT2D eigenvalue weighted by Gasteiger charge is 2.13. The zero-order chi connectivity index (χ0) is 15.8. The molecule has 0 spiro atoms. The molecule has 1 fully saturated rings. The number of methoxy groups -OCH3 is 1. The maximum absolute atomic E-state index is 11.7. The summed E-state index contributed by atoms with van der Waals surface area (Å²) >= 11 is 3.41. The van der Waals surface area contributed by atoms with Gasteiger partial charge in [-0.3, -0.25) is 4.79 Å². The summed E-state index contributed by atoms with van der Waals surface area (Å²) in [6.07, 6.45) is 7.76. The van der Waals surface area contributed by atoms with Crippen molar-refractivity contribution < 1.29 is 9.53 Å². The molecule has 2 N–H and O–H groups in total. The lowest BCUT2D eigenvalue weighted by Crippen LogP contribution is -2.38. The second-order valence-corrected chi connectivity index (χ2v) is 6.26. The van der Waals surface area contributed by atoms with Crippen molar-refractivity contribution in [2.45, 2.75) is 38.1 Å². The van der Waals surface area contributed by atoms with E-state index in [1.165, 1.54) is 19.3 Å². The first kappa shape index (κ1) is 17.0. The monoisotopic (exact) mass is 367 g/mol. The van der Waals surface area contributed by atoms with Crippen molar-refractivity contribution >= 4 is 28.1 Å². The standard InChI is InChI=1S/C16H22BrN3O2/c1-22-15-8-7-12(9-14(15)17)10-19-20-16(21)11-18-13-5-3-2-4-6-13/h7-10,13,18H,2-6,11H2,1H3,(H,20,21)/b19-10-. The fraction of sp³-hybridized carbons (Fsp3) is 0.500. The van der Waals surface area contributed by atoms with E-state index in [0.717, 1.165) is 28.6 Å². The van der Waals surface area contributed by atoms with Crippen molar-refractivity contribution in [1.29, 1.82) is 0 Å². The van der Waals surface area contributed by atoms with Crippen LogP contribution in [-0.4, -0.2) is 31.8 Å². The average Bonchev–Trinajstić information content (AvgIpc) is 2.54. The zero-order valence-electron chi connectivity index (χ0n) is 12.8. The molecular formula is C16H22BrN3O2. The first-order valence-electron chi connectivity index (χ1n) is 7.58. The predicted molar refractivity (Wildman–Crippen MR) is 91.3 cm³/mol. The molecular weight excluding hydrogens is 346 g/mol. The summed E-state index contributed by atoms with van der Waals surface area (Å²) in [6, 6.07) is 6.08. The normalized spacial score (nSPS) is 15.9. The maximum Gasteiger partial charge on any atom is 0.254 e. The molecule has 1 aromatic carbocycles. The van der Waals surface area contributed by atoms with Gasteiger partial charge in [-0.05, 0) is 52.5 Å². The van der Waals surface area contributed by atoms with Crippen molar-refractivity contribution in [2.24, 2.45) is 5.10 Å². The number of hydrogen-bond acceptors (Lipinski definition) is 4. The SMILES string of the molecule is COc1ccc(/C=N\NC(=O)CNC2CCCCC2)cc1Br. The summed E-state index contributed by atoms with van der Waals surface area (Å²) < 4.78 is 6.01. The van der Waals surface area contributed by atoms with E-state index < -0.39 is 0 Å². The van der Waals surface area contributed by atoms with Crippen LogP contribution < -0.4 is 15.5 Å². The minimum Gasteiger partial charge on any atom is -0.496 e. The summed E-state index contributed by atoms with van der Waals surface area (Å²) in [4.78, 5) is 11.7. The summed E-state index contributed by atoms with van der Waals surface area (Å²) in [5, 5.41) is 7.26. The topological polar surface area (TPSA) is 62.7 Å². The van der Waals surface area contributed by atoms with E-state index in [0.29, 0.717) is 12.6 Å². The molecule has 0 aromatic heterocycles. The molecule has 5 nitrogen and oxygen atoms in total. The van der Waals surface area contributed by atoms with Crippen LogP contribution in [0.1, 0.15) is 37.7 Å². The Morgan fingerprint density at radius 2 is 2.18 bits per heavy atom. The molecule has 0 unspecified atom stereocenters. The van der Waals surface area contributed by atoms with Gasteiger partial charge in [0.1, 0.15) is 5.75 Å². The van der Waals surface area contributed by atoms with Crippen molar-refractivity contribution in [3.05, 3.63) is 28.2 Å². The van der Waals surface area contributed by atoms with Crippen molar-refractivity contribution in [3.63, 3.8) is 0 Å². The van der Waals surface area contributed by atoms with Crippen LogP contribution in [0.3, 0.4) is 0 Å². The Kier molecular flexibility index (Phi) is 6.86. The van der Waals surface area contributed by atoms with Crippen LogP contribution in [0.2, 0.25) is 0 Å². The van der Waals surface area contributed by atoms with E-state index in [9.17, 15) is 4.79 Å². The van der Waals surface area contributed by atoms with Gasteiger partial charge in [-0.15, -0.1) is 0 Å². The Bertz CT molecular complexity index is 528. The van der Waals surface area contributed by atoms with Gasteiger partial charge in [-0.2, -0.15) is 5.10 Å². The predicted octanol–water partition coefficient (Wildman–Crippen LogP) is 2.83. The van der Waals surface area contributed by atoms with E-state index in [1.54, 1.807) is 13.3 Å². The van der Waals surface area contributed by atoms with Gasteiger partial charge >= 0.3 is 0 Å². The molecule has 22 heavy (non-hydrogen) atoms. The van der Waals surface area contributed by atoms with Gasteiger partial charge in [0.2, 0.25) is 0 Å². The molecule has 6 heteroatoms. The summed E-state index contributed by atoms with van der Waals surface area (Å²) in [5.74, 6) is 0.646. The number of halogens is 1. The number of ether oxygens (including phenoxy) is 1. The van der Waals surface area contributed by atoms with E-state index in [4.69, 9.17) is 4.74 Å². The average molecular weight is 368 g/mol. The Hall–Kier alpha value is -1.40. The van der Waals surface area contributed by atoms with Gasteiger partial charge in [-0.25, -0.2) is 5.43 Å². The van der Waals surface area contributed by atoms with Crippen LogP contribution in [0.25, 0.3) is 0 Å². The van der Waals surface area contributed by atoms with Crippen LogP contribution in [0, 0.1) is 0 Å². The molecule has 1 aromatic rings. The molecule has 0 bridgehead atoms. The Balaban J connectivity index is 1.74. The fourth-order valence-corrected chi connectivity index (χ4v) is 3.08. The summed E-state index contributed by atoms with van der Waals surface area (Å²) in [5.41, 5.74) is 3.42. The molecule has 0 saturated heterocycles. The maximum atomic E-state index is 11.7. The molecule has 0 aliphatic heterocycles. The summed E-state index contributed by atoms with van der Waals surface area (Å²) in [6.45, 7) is 0.314. The third-order valence-electron chi connectivity index (χ3n) is 3.74. The Morgan fingerprint density at radius 1 is 1.41 bits per heavy atom. The Labute approximate surface area is 139 Å². The lowest BCUT2D eigenvalue weighted by atomic mass is 9.95. The second-order valence-electron chi connectivity index (χ2n) is 5.40. The van der Waals surface area contributed by atoms with Gasteiger partial charge in [0.05, 0.1) is 24.3 Å². The number of nitrogens with zero attached hydrogens (tertiary/aromatic N) is 1. The number of nitrogens with one attached hydrogen (secondary N) is 2. The zero-order valence-corrected chi connectivity index (χ0v) is 14.4. The van der Waals surface area contributed by atoms with Gasteiger partial charge in [0, 0.05) is 6.04 Å². The highest BCUT2D eigenvalue weighted by molar-refractivity contribution is 9.10. The fourth-order valence-electron chi connectivity index (χ4n) is 2.53. The quantitative estimate of drug-likeness (QED) is 0.600. The highest BCUT2D eigenvalue weighted by atomic mass is 79.9. The van der Waals surface area contributed by atoms with Gasteiger partial charge in [0.15, 0.2) is 0 Å². The molecule has 0 radical (unpaired) electrons.